The summed E-state index contributed by atoms with van der Waals surface area (Å²) in [5.74, 6) is 0.919. The van der Waals surface area contributed by atoms with Gasteiger partial charge in [-0.15, -0.1) is 0 Å². The lowest BCUT2D eigenvalue weighted by atomic mass is 9.84. The third kappa shape index (κ3) is 4.69. The van der Waals surface area contributed by atoms with Gasteiger partial charge in [0.25, 0.3) is 0 Å². The minimum atomic E-state index is 0.166. The van der Waals surface area contributed by atoms with Gasteiger partial charge in [0, 0.05) is 12.6 Å². The number of hydrogen-bond donors (Lipinski definition) is 1. The van der Waals surface area contributed by atoms with Crippen LogP contribution in [0.15, 0.2) is 0 Å². The van der Waals surface area contributed by atoms with Crippen LogP contribution in [-0.2, 0) is 4.74 Å². The van der Waals surface area contributed by atoms with Crippen molar-refractivity contribution in [1.82, 2.24) is 5.32 Å². The number of ether oxygens (including phenoxy) is 1. The summed E-state index contributed by atoms with van der Waals surface area (Å²) in [4.78, 5) is 0. The molecular weight excluding hydrogens is 258 g/mol. The Bertz CT molecular complexity index is 305. The van der Waals surface area contributed by atoms with Crippen molar-refractivity contribution in [3.05, 3.63) is 0 Å². The van der Waals surface area contributed by atoms with Crippen LogP contribution in [0.5, 0.6) is 0 Å². The molecule has 0 saturated heterocycles. The highest BCUT2D eigenvalue weighted by Crippen LogP contribution is 2.37. The molecule has 0 spiro atoms. The van der Waals surface area contributed by atoms with Crippen LogP contribution in [0.1, 0.15) is 90.4 Å². The standard InChI is InChI=1S/C19H35NO/c1-2-16-8-7-9-18(14-16)21-19(15-20-17-10-11-17)12-5-3-4-6-13-19/h16-18,20H,2-15H2,1H3. The molecule has 2 unspecified atom stereocenters. The second kappa shape index (κ2) is 7.46. The van der Waals surface area contributed by atoms with Crippen molar-refractivity contribution in [1.29, 1.82) is 0 Å². The van der Waals surface area contributed by atoms with Gasteiger partial charge in [0.2, 0.25) is 0 Å². The molecule has 2 nitrogen and oxygen atoms in total. The maximum Gasteiger partial charge on any atom is 0.0810 e. The summed E-state index contributed by atoms with van der Waals surface area (Å²) in [7, 11) is 0. The molecule has 122 valence electrons. The van der Waals surface area contributed by atoms with E-state index in [1.54, 1.807) is 0 Å². The minimum absolute atomic E-state index is 0.166. The first-order chi connectivity index (χ1) is 10.3. The summed E-state index contributed by atoms with van der Waals surface area (Å²) >= 11 is 0. The summed E-state index contributed by atoms with van der Waals surface area (Å²) in [6.45, 7) is 3.47. The van der Waals surface area contributed by atoms with E-state index in [9.17, 15) is 0 Å². The molecule has 3 aliphatic rings. The molecule has 3 aliphatic carbocycles. The molecule has 0 aromatic heterocycles. The fraction of sp³-hybridized carbons (Fsp3) is 1.00. The second-order valence-electron chi connectivity index (χ2n) is 7.93. The molecular formula is C19H35NO. The highest BCUT2D eigenvalue weighted by atomic mass is 16.5. The van der Waals surface area contributed by atoms with E-state index < -0.39 is 0 Å². The number of hydrogen-bond acceptors (Lipinski definition) is 2. The van der Waals surface area contributed by atoms with Crippen molar-refractivity contribution < 1.29 is 4.74 Å². The molecule has 2 atom stereocenters. The van der Waals surface area contributed by atoms with E-state index in [0.717, 1.165) is 18.5 Å². The Morgan fingerprint density at radius 1 is 0.952 bits per heavy atom. The predicted octanol–water partition coefficient (Wildman–Crippen LogP) is 4.82. The van der Waals surface area contributed by atoms with Gasteiger partial charge in [-0.3, -0.25) is 0 Å². The zero-order valence-corrected chi connectivity index (χ0v) is 14.0. The normalized spacial score (nSPS) is 33.6. The average molecular weight is 293 g/mol. The first kappa shape index (κ1) is 15.8. The topological polar surface area (TPSA) is 21.3 Å². The molecule has 2 heteroatoms. The Hall–Kier alpha value is -0.0800. The summed E-state index contributed by atoms with van der Waals surface area (Å²) < 4.78 is 6.85. The van der Waals surface area contributed by atoms with Crippen molar-refractivity contribution >= 4 is 0 Å². The molecule has 1 N–H and O–H groups in total. The first-order valence-corrected chi connectivity index (χ1v) is 9.71. The second-order valence-corrected chi connectivity index (χ2v) is 7.93. The zero-order chi connectivity index (χ0) is 14.5. The summed E-state index contributed by atoms with van der Waals surface area (Å²) in [6, 6.07) is 0.809. The smallest absolute Gasteiger partial charge is 0.0810 e. The fourth-order valence-electron chi connectivity index (χ4n) is 4.40. The van der Waals surface area contributed by atoms with Crippen LogP contribution < -0.4 is 5.32 Å². The van der Waals surface area contributed by atoms with Crippen molar-refractivity contribution in [3.8, 4) is 0 Å². The van der Waals surface area contributed by atoms with Gasteiger partial charge >= 0.3 is 0 Å². The van der Waals surface area contributed by atoms with E-state index in [2.05, 4.69) is 12.2 Å². The Kier molecular flexibility index (Phi) is 5.61. The van der Waals surface area contributed by atoms with E-state index in [4.69, 9.17) is 4.74 Å². The Morgan fingerprint density at radius 2 is 1.71 bits per heavy atom. The molecule has 0 heterocycles. The van der Waals surface area contributed by atoms with E-state index in [0.29, 0.717) is 6.10 Å². The molecule has 21 heavy (non-hydrogen) atoms. The van der Waals surface area contributed by atoms with Gasteiger partial charge in [0.05, 0.1) is 11.7 Å². The SMILES string of the molecule is CCC1CCCC(OC2(CNC3CC3)CCCCCC2)C1. The maximum atomic E-state index is 6.85. The van der Waals surface area contributed by atoms with Crippen LogP contribution in [0.4, 0.5) is 0 Å². The molecule has 3 saturated carbocycles. The lowest BCUT2D eigenvalue weighted by Gasteiger charge is -2.40. The first-order valence-electron chi connectivity index (χ1n) is 9.71. The predicted molar refractivity (Wildman–Crippen MR) is 88.6 cm³/mol. The molecule has 0 aromatic carbocycles. The summed E-state index contributed by atoms with van der Waals surface area (Å²) in [5.41, 5.74) is 0.166. The van der Waals surface area contributed by atoms with Gasteiger partial charge < -0.3 is 10.1 Å². The van der Waals surface area contributed by atoms with Crippen LogP contribution in [0, 0.1) is 5.92 Å². The molecule has 3 fully saturated rings. The van der Waals surface area contributed by atoms with Gasteiger partial charge in [0.1, 0.15) is 0 Å². The quantitative estimate of drug-likeness (QED) is 0.709. The van der Waals surface area contributed by atoms with Gasteiger partial charge in [0.15, 0.2) is 0 Å². The highest BCUT2D eigenvalue weighted by molar-refractivity contribution is 4.91. The van der Waals surface area contributed by atoms with Crippen molar-refractivity contribution in [2.45, 2.75) is 108 Å². The van der Waals surface area contributed by atoms with Gasteiger partial charge in [-0.1, -0.05) is 51.9 Å². The molecule has 0 aliphatic heterocycles. The zero-order valence-electron chi connectivity index (χ0n) is 14.0. The van der Waals surface area contributed by atoms with Crippen LogP contribution in [0.2, 0.25) is 0 Å². The summed E-state index contributed by atoms with van der Waals surface area (Å²) in [6.07, 6.45) is 18.3. The number of nitrogens with one attached hydrogen (secondary N) is 1. The van der Waals surface area contributed by atoms with Crippen LogP contribution in [0.25, 0.3) is 0 Å². The largest absolute Gasteiger partial charge is 0.370 e. The Morgan fingerprint density at radius 3 is 2.38 bits per heavy atom. The van der Waals surface area contributed by atoms with Crippen molar-refractivity contribution in [3.63, 3.8) is 0 Å². The van der Waals surface area contributed by atoms with Gasteiger partial charge in [-0.05, 0) is 44.4 Å². The summed E-state index contributed by atoms with van der Waals surface area (Å²) in [5, 5.41) is 3.78. The van der Waals surface area contributed by atoms with Crippen LogP contribution in [0.3, 0.4) is 0 Å². The number of rotatable bonds is 6. The molecule has 0 radical (unpaired) electrons. The highest BCUT2D eigenvalue weighted by Gasteiger charge is 2.37. The Balaban J connectivity index is 1.59. The molecule has 0 amide bonds. The van der Waals surface area contributed by atoms with Gasteiger partial charge in [-0.25, -0.2) is 0 Å². The minimum Gasteiger partial charge on any atom is -0.370 e. The van der Waals surface area contributed by atoms with E-state index in [1.807, 2.05) is 0 Å². The van der Waals surface area contributed by atoms with Crippen LogP contribution in [-0.4, -0.2) is 24.3 Å². The lowest BCUT2D eigenvalue weighted by molar-refractivity contribution is -0.118. The molecule has 3 rings (SSSR count). The maximum absolute atomic E-state index is 6.85. The van der Waals surface area contributed by atoms with Gasteiger partial charge in [-0.2, -0.15) is 0 Å². The third-order valence-corrected chi connectivity index (χ3v) is 6.03. The van der Waals surface area contributed by atoms with E-state index in [1.165, 1.54) is 83.5 Å². The Labute approximate surface area is 131 Å². The fourth-order valence-corrected chi connectivity index (χ4v) is 4.40. The van der Waals surface area contributed by atoms with Crippen LogP contribution >= 0.6 is 0 Å². The molecule has 0 aromatic rings. The van der Waals surface area contributed by atoms with E-state index in [-0.39, 0.29) is 5.60 Å². The average Bonchev–Trinajstić information content (AvgIpc) is 3.33. The third-order valence-electron chi connectivity index (χ3n) is 6.03. The van der Waals surface area contributed by atoms with Crippen molar-refractivity contribution in [2.24, 2.45) is 5.92 Å². The molecule has 0 bridgehead atoms. The lowest BCUT2D eigenvalue weighted by Crippen LogP contribution is -2.46. The van der Waals surface area contributed by atoms with Crippen molar-refractivity contribution in [2.75, 3.05) is 6.54 Å². The van der Waals surface area contributed by atoms with E-state index >= 15 is 0 Å². The monoisotopic (exact) mass is 293 g/mol.